The summed E-state index contributed by atoms with van der Waals surface area (Å²) in [6.45, 7) is 5.76. The molecule has 19 heavy (non-hydrogen) atoms. The average molecular weight is 268 g/mol. The van der Waals surface area contributed by atoms with E-state index in [9.17, 15) is 4.79 Å². The highest BCUT2D eigenvalue weighted by atomic mass is 16.5. The summed E-state index contributed by atoms with van der Waals surface area (Å²) in [7, 11) is 1.44. The highest BCUT2D eigenvalue weighted by molar-refractivity contribution is 5.80. The molecule has 0 aromatic rings. The van der Waals surface area contributed by atoms with Gasteiger partial charge in [-0.1, -0.05) is 6.92 Å². The minimum Gasteiger partial charge on any atom is -0.468 e. The van der Waals surface area contributed by atoms with E-state index in [4.69, 9.17) is 10.5 Å². The van der Waals surface area contributed by atoms with Crippen LogP contribution in [-0.2, 0) is 9.53 Å². The fourth-order valence-electron chi connectivity index (χ4n) is 3.78. The molecule has 0 radical (unpaired) electrons. The van der Waals surface area contributed by atoms with Crippen molar-refractivity contribution in [3.05, 3.63) is 0 Å². The zero-order chi connectivity index (χ0) is 14.0. The summed E-state index contributed by atoms with van der Waals surface area (Å²) in [5, 5.41) is 0. The molecule has 4 unspecified atom stereocenters. The molecule has 1 saturated heterocycles. The van der Waals surface area contributed by atoms with Crippen molar-refractivity contribution in [3.63, 3.8) is 0 Å². The number of hydrogen-bond acceptors (Lipinski definition) is 4. The van der Waals surface area contributed by atoms with Crippen molar-refractivity contribution in [2.45, 2.75) is 70.0 Å². The third-order valence-electron chi connectivity index (χ3n) is 4.99. The van der Waals surface area contributed by atoms with Crippen LogP contribution in [-0.4, -0.2) is 42.1 Å². The van der Waals surface area contributed by atoms with Gasteiger partial charge in [0.25, 0.3) is 0 Å². The molecule has 1 aliphatic heterocycles. The third-order valence-corrected chi connectivity index (χ3v) is 4.99. The van der Waals surface area contributed by atoms with E-state index >= 15 is 0 Å². The monoisotopic (exact) mass is 268 g/mol. The number of ether oxygens (including phenoxy) is 1. The summed E-state index contributed by atoms with van der Waals surface area (Å²) >= 11 is 0. The highest BCUT2D eigenvalue weighted by Gasteiger charge is 2.43. The van der Waals surface area contributed by atoms with Crippen LogP contribution in [0.4, 0.5) is 0 Å². The van der Waals surface area contributed by atoms with E-state index in [0.717, 1.165) is 38.1 Å². The summed E-state index contributed by atoms with van der Waals surface area (Å²) in [4.78, 5) is 14.5. The van der Waals surface area contributed by atoms with Crippen molar-refractivity contribution < 1.29 is 9.53 Å². The van der Waals surface area contributed by atoms with Crippen LogP contribution in [0.15, 0.2) is 0 Å². The molecule has 2 rings (SSSR count). The molecule has 0 amide bonds. The van der Waals surface area contributed by atoms with Crippen molar-refractivity contribution in [1.29, 1.82) is 0 Å². The molecule has 4 atom stereocenters. The maximum Gasteiger partial charge on any atom is 0.325 e. The number of likely N-dealkylation sites (tertiary alicyclic amines) is 1. The molecule has 2 N–H and O–H groups in total. The van der Waals surface area contributed by atoms with Crippen LogP contribution in [0.5, 0.6) is 0 Å². The zero-order valence-electron chi connectivity index (χ0n) is 12.5. The number of carbonyl (C=O) groups excluding carboxylic acids is 1. The number of methoxy groups -OCH3 is 1. The van der Waals surface area contributed by atoms with E-state index in [1.54, 1.807) is 0 Å². The molecule has 2 aliphatic rings. The minimum absolute atomic E-state index is 0.241. The number of piperidine rings is 1. The van der Waals surface area contributed by atoms with E-state index < -0.39 is 5.54 Å². The SMILES string of the molecule is COC(=O)C1(N)CCCC(N2CC(C)CCC2C)C1. The maximum atomic E-state index is 11.9. The van der Waals surface area contributed by atoms with Crippen molar-refractivity contribution in [2.75, 3.05) is 13.7 Å². The lowest BCUT2D eigenvalue weighted by Crippen LogP contribution is -2.58. The third kappa shape index (κ3) is 3.11. The molecule has 4 nitrogen and oxygen atoms in total. The van der Waals surface area contributed by atoms with Gasteiger partial charge in [0.15, 0.2) is 0 Å². The van der Waals surface area contributed by atoms with Gasteiger partial charge in [0.1, 0.15) is 5.54 Å². The Bertz CT molecular complexity index is 334. The molecule has 0 bridgehead atoms. The fourth-order valence-corrected chi connectivity index (χ4v) is 3.78. The van der Waals surface area contributed by atoms with Crippen LogP contribution in [0.2, 0.25) is 0 Å². The van der Waals surface area contributed by atoms with Crippen LogP contribution in [0.1, 0.15) is 52.4 Å². The van der Waals surface area contributed by atoms with Crippen molar-refractivity contribution >= 4 is 5.97 Å². The van der Waals surface area contributed by atoms with Crippen molar-refractivity contribution in [3.8, 4) is 0 Å². The van der Waals surface area contributed by atoms with Crippen LogP contribution < -0.4 is 5.73 Å². The van der Waals surface area contributed by atoms with Gasteiger partial charge in [-0.2, -0.15) is 0 Å². The number of rotatable bonds is 2. The summed E-state index contributed by atoms with van der Waals surface area (Å²) in [6, 6.07) is 1.05. The summed E-state index contributed by atoms with van der Waals surface area (Å²) in [5.41, 5.74) is 5.52. The minimum atomic E-state index is -0.766. The lowest BCUT2D eigenvalue weighted by Gasteiger charge is -2.46. The van der Waals surface area contributed by atoms with Gasteiger partial charge < -0.3 is 10.5 Å². The van der Waals surface area contributed by atoms with Gasteiger partial charge in [0, 0.05) is 18.6 Å². The van der Waals surface area contributed by atoms with Gasteiger partial charge in [-0.25, -0.2) is 0 Å². The van der Waals surface area contributed by atoms with E-state index in [0.29, 0.717) is 12.1 Å². The first-order chi connectivity index (χ1) is 8.96. The summed E-state index contributed by atoms with van der Waals surface area (Å²) in [6.07, 6.45) is 6.26. The standard InChI is InChI=1S/C15H28N2O2/c1-11-6-7-12(2)17(10-11)13-5-4-8-15(16,9-13)14(18)19-3/h11-13H,4-10,16H2,1-3H3. The average Bonchev–Trinajstić information content (AvgIpc) is 2.40. The second-order valence-corrected chi connectivity index (χ2v) is 6.63. The largest absolute Gasteiger partial charge is 0.468 e. The van der Waals surface area contributed by atoms with E-state index in [1.807, 2.05) is 0 Å². The first kappa shape index (κ1) is 14.8. The first-order valence-corrected chi connectivity index (χ1v) is 7.59. The Morgan fingerprint density at radius 2 is 2.05 bits per heavy atom. The predicted octanol–water partition coefficient (Wildman–Crippen LogP) is 1.92. The van der Waals surface area contributed by atoms with Gasteiger partial charge in [-0.05, 0) is 51.4 Å². The normalized spacial score (nSPS) is 40.9. The quantitative estimate of drug-likeness (QED) is 0.777. The van der Waals surface area contributed by atoms with Gasteiger partial charge >= 0.3 is 5.97 Å². The van der Waals surface area contributed by atoms with Crippen LogP contribution >= 0.6 is 0 Å². The number of carbonyl (C=O) groups is 1. The lowest BCUT2D eigenvalue weighted by atomic mass is 9.77. The topological polar surface area (TPSA) is 55.6 Å². The Morgan fingerprint density at radius 3 is 2.74 bits per heavy atom. The second-order valence-electron chi connectivity index (χ2n) is 6.63. The molecule has 0 aromatic carbocycles. The Balaban J connectivity index is 2.06. The summed E-state index contributed by atoms with van der Waals surface area (Å²) < 4.78 is 4.89. The van der Waals surface area contributed by atoms with Crippen LogP contribution in [0.3, 0.4) is 0 Å². The van der Waals surface area contributed by atoms with Gasteiger partial charge in [0.05, 0.1) is 7.11 Å². The molecule has 110 valence electrons. The van der Waals surface area contributed by atoms with E-state index in [-0.39, 0.29) is 5.97 Å². The van der Waals surface area contributed by atoms with Gasteiger partial charge in [-0.15, -0.1) is 0 Å². The molecule has 1 aliphatic carbocycles. The first-order valence-electron chi connectivity index (χ1n) is 7.59. The Kier molecular flexibility index (Phi) is 4.51. The molecular formula is C15H28N2O2. The molecule has 0 spiro atoms. The molecule has 1 heterocycles. The number of nitrogens with two attached hydrogens (primary N) is 1. The van der Waals surface area contributed by atoms with Crippen LogP contribution in [0, 0.1) is 5.92 Å². The van der Waals surface area contributed by atoms with Gasteiger partial charge in [-0.3, -0.25) is 9.69 Å². The Labute approximate surface area is 116 Å². The molecular weight excluding hydrogens is 240 g/mol. The Hall–Kier alpha value is -0.610. The summed E-state index contributed by atoms with van der Waals surface area (Å²) in [5.74, 6) is 0.512. The van der Waals surface area contributed by atoms with Gasteiger partial charge in [0.2, 0.25) is 0 Å². The molecule has 2 fully saturated rings. The predicted molar refractivity (Wildman–Crippen MR) is 75.8 cm³/mol. The highest BCUT2D eigenvalue weighted by Crippen LogP contribution is 2.34. The van der Waals surface area contributed by atoms with Crippen molar-refractivity contribution in [1.82, 2.24) is 4.90 Å². The molecule has 1 saturated carbocycles. The molecule has 4 heteroatoms. The maximum absolute atomic E-state index is 11.9. The zero-order valence-corrected chi connectivity index (χ0v) is 12.5. The number of esters is 1. The number of hydrogen-bond donors (Lipinski definition) is 1. The smallest absolute Gasteiger partial charge is 0.325 e. The lowest BCUT2D eigenvalue weighted by molar-refractivity contribution is -0.149. The Morgan fingerprint density at radius 1 is 1.32 bits per heavy atom. The number of nitrogens with zero attached hydrogens (tertiary/aromatic N) is 1. The van der Waals surface area contributed by atoms with Crippen LogP contribution in [0.25, 0.3) is 0 Å². The van der Waals surface area contributed by atoms with E-state index in [1.165, 1.54) is 20.0 Å². The molecule has 0 aromatic heterocycles. The second kappa shape index (κ2) is 5.80. The van der Waals surface area contributed by atoms with E-state index in [2.05, 4.69) is 18.7 Å². The van der Waals surface area contributed by atoms with Crippen molar-refractivity contribution in [2.24, 2.45) is 11.7 Å². The fraction of sp³-hybridized carbons (Fsp3) is 0.933.